The summed E-state index contributed by atoms with van der Waals surface area (Å²) < 4.78 is 12.1. The maximum Gasteiger partial charge on any atom is 0.124 e. The maximum absolute atomic E-state index is 6.16. The lowest BCUT2D eigenvalue weighted by Gasteiger charge is -2.26. The quantitative estimate of drug-likeness (QED) is 0.200. The molecule has 1 saturated heterocycles. The van der Waals surface area contributed by atoms with Gasteiger partial charge in [-0.05, 0) is 75.8 Å². The van der Waals surface area contributed by atoms with E-state index in [1.165, 1.54) is 32.4 Å². The zero-order valence-corrected chi connectivity index (χ0v) is 21.4. The molecular formula is C29H39N5O2. The number of H-pyrrole nitrogens is 1. The van der Waals surface area contributed by atoms with Gasteiger partial charge in [0.1, 0.15) is 18.1 Å². The number of likely N-dealkylation sites (N-methyl/N-ethyl adjacent to an activating group) is 1. The second-order valence-corrected chi connectivity index (χ2v) is 9.42. The van der Waals surface area contributed by atoms with Gasteiger partial charge in [-0.25, -0.2) is 0 Å². The third-order valence-corrected chi connectivity index (χ3v) is 6.42. The Kier molecular flexibility index (Phi) is 9.82. The van der Waals surface area contributed by atoms with E-state index in [9.17, 15) is 0 Å². The highest BCUT2D eigenvalue weighted by molar-refractivity contribution is 5.60. The summed E-state index contributed by atoms with van der Waals surface area (Å²) in [5.41, 5.74) is 10.0. The fourth-order valence-corrected chi connectivity index (χ4v) is 4.47. The van der Waals surface area contributed by atoms with Crippen LogP contribution in [0.1, 0.15) is 31.2 Å². The Balaban J connectivity index is 1.18. The van der Waals surface area contributed by atoms with Crippen LogP contribution in [-0.2, 0) is 6.54 Å². The first-order valence-corrected chi connectivity index (χ1v) is 13.0. The summed E-state index contributed by atoms with van der Waals surface area (Å²) in [5.74, 6) is 1.80. The summed E-state index contributed by atoms with van der Waals surface area (Å²) in [4.78, 5) is 4.76. The van der Waals surface area contributed by atoms with Gasteiger partial charge in [0.2, 0.25) is 0 Å². The summed E-state index contributed by atoms with van der Waals surface area (Å²) in [6, 6.07) is 16.0. The van der Waals surface area contributed by atoms with Crippen LogP contribution in [0.3, 0.4) is 0 Å². The molecule has 0 radical (unpaired) electrons. The fourth-order valence-electron chi connectivity index (χ4n) is 4.47. The molecule has 0 aliphatic carbocycles. The van der Waals surface area contributed by atoms with Crippen molar-refractivity contribution in [1.29, 1.82) is 0 Å². The standard InChI is InChI=1S/C29H39N5O2/c1-33(15-4-3-7-19-35-27-10-8-9-24(22-27)28-13-14-31-32-28)23-25-21-26(30)11-12-29(25)36-20-18-34-16-5-2-6-17-34/h3-4,8-14,21-22H,2,5-7,15-20,23,30H2,1H3,(H,31,32)/b4-3+. The number of ether oxygens (including phenoxy) is 2. The van der Waals surface area contributed by atoms with Crippen LogP contribution in [0.4, 0.5) is 5.69 Å². The van der Waals surface area contributed by atoms with E-state index in [4.69, 9.17) is 15.2 Å². The SMILES string of the molecule is CN(C/C=C/CCOc1cccc(-c2ccn[nH]2)c1)Cc1cc(N)ccc1OCCN1CCCCC1. The van der Waals surface area contributed by atoms with Crippen LogP contribution in [0.5, 0.6) is 11.5 Å². The Morgan fingerprint density at radius 3 is 2.75 bits per heavy atom. The Bertz CT molecular complexity index is 1080. The molecule has 192 valence electrons. The number of nitrogens with two attached hydrogens (primary N) is 1. The second kappa shape index (κ2) is 13.7. The molecule has 1 aliphatic rings. The molecule has 0 atom stereocenters. The van der Waals surface area contributed by atoms with E-state index in [0.717, 1.165) is 60.1 Å². The minimum Gasteiger partial charge on any atom is -0.493 e. The first-order valence-electron chi connectivity index (χ1n) is 13.0. The molecule has 1 aliphatic heterocycles. The van der Waals surface area contributed by atoms with Crippen LogP contribution in [0.2, 0.25) is 0 Å². The van der Waals surface area contributed by atoms with Crippen molar-refractivity contribution >= 4 is 5.69 Å². The molecule has 36 heavy (non-hydrogen) atoms. The molecule has 3 N–H and O–H groups in total. The molecule has 3 aromatic rings. The van der Waals surface area contributed by atoms with Crippen molar-refractivity contribution in [3.8, 4) is 22.8 Å². The molecule has 1 aromatic heterocycles. The maximum atomic E-state index is 6.16. The highest BCUT2D eigenvalue weighted by Crippen LogP contribution is 2.24. The van der Waals surface area contributed by atoms with Crippen LogP contribution in [0, 0.1) is 0 Å². The van der Waals surface area contributed by atoms with E-state index in [1.807, 2.05) is 48.5 Å². The number of piperidine rings is 1. The van der Waals surface area contributed by atoms with Crippen LogP contribution < -0.4 is 15.2 Å². The van der Waals surface area contributed by atoms with E-state index in [0.29, 0.717) is 13.2 Å². The van der Waals surface area contributed by atoms with E-state index in [-0.39, 0.29) is 0 Å². The lowest BCUT2D eigenvalue weighted by molar-refractivity contribution is 0.182. The van der Waals surface area contributed by atoms with Gasteiger partial charge in [-0.3, -0.25) is 14.9 Å². The third-order valence-electron chi connectivity index (χ3n) is 6.42. The molecule has 0 unspecified atom stereocenters. The topological polar surface area (TPSA) is 79.6 Å². The summed E-state index contributed by atoms with van der Waals surface area (Å²) in [7, 11) is 2.11. The molecule has 2 heterocycles. The highest BCUT2D eigenvalue weighted by Gasteiger charge is 2.11. The number of aromatic amines is 1. The highest BCUT2D eigenvalue weighted by atomic mass is 16.5. The van der Waals surface area contributed by atoms with Gasteiger partial charge >= 0.3 is 0 Å². The van der Waals surface area contributed by atoms with Crippen LogP contribution in [0.25, 0.3) is 11.3 Å². The van der Waals surface area contributed by atoms with Crippen molar-refractivity contribution in [3.05, 3.63) is 72.4 Å². The van der Waals surface area contributed by atoms with Crippen molar-refractivity contribution in [3.63, 3.8) is 0 Å². The Morgan fingerprint density at radius 2 is 1.92 bits per heavy atom. The number of benzene rings is 2. The normalized spacial score (nSPS) is 14.5. The Hall–Kier alpha value is -3.29. The zero-order valence-electron chi connectivity index (χ0n) is 21.4. The largest absolute Gasteiger partial charge is 0.493 e. The number of nitrogens with one attached hydrogen (secondary N) is 1. The average molecular weight is 490 g/mol. The summed E-state index contributed by atoms with van der Waals surface area (Å²) >= 11 is 0. The molecule has 0 spiro atoms. The summed E-state index contributed by atoms with van der Waals surface area (Å²) in [5, 5.41) is 6.99. The lowest BCUT2D eigenvalue weighted by Crippen LogP contribution is -2.33. The molecule has 0 bridgehead atoms. The van der Waals surface area contributed by atoms with E-state index in [1.54, 1.807) is 6.20 Å². The van der Waals surface area contributed by atoms with Gasteiger partial charge in [-0.15, -0.1) is 0 Å². The van der Waals surface area contributed by atoms with Crippen molar-refractivity contribution in [2.45, 2.75) is 32.2 Å². The summed E-state index contributed by atoms with van der Waals surface area (Å²) in [6.45, 7) is 6.34. The number of hydrogen-bond acceptors (Lipinski definition) is 6. The predicted molar refractivity (Wildman–Crippen MR) is 146 cm³/mol. The van der Waals surface area contributed by atoms with Crippen molar-refractivity contribution in [2.24, 2.45) is 0 Å². The van der Waals surface area contributed by atoms with Gasteiger partial charge in [-0.1, -0.05) is 30.7 Å². The average Bonchev–Trinajstić information content (AvgIpc) is 3.43. The molecule has 1 fully saturated rings. The van der Waals surface area contributed by atoms with Crippen LogP contribution in [0.15, 0.2) is 66.9 Å². The molecule has 7 nitrogen and oxygen atoms in total. The smallest absolute Gasteiger partial charge is 0.124 e. The van der Waals surface area contributed by atoms with E-state index in [2.05, 4.69) is 39.2 Å². The number of likely N-dealkylation sites (tertiary alicyclic amines) is 1. The van der Waals surface area contributed by atoms with Gasteiger partial charge in [0, 0.05) is 42.6 Å². The Labute approximate surface area is 214 Å². The first kappa shape index (κ1) is 25.8. The molecule has 4 rings (SSSR count). The molecular weight excluding hydrogens is 450 g/mol. The number of nitrogen functional groups attached to an aromatic ring is 1. The second-order valence-electron chi connectivity index (χ2n) is 9.42. The van der Waals surface area contributed by atoms with Crippen molar-refractivity contribution in [1.82, 2.24) is 20.0 Å². The number of aromatic nitrogens is 2. The molecule has 7 heteroatoms. The van der Waals surface area contributed by atoms with Crippen LogP contribution >= 0.6 is 0 Å². The van der Waals surface area contributed by atoms with Gasteiger partial charge in [0.15, 0.2) is 0 Å². The van der Waals surface area contributed by atoms with Gasteiger partial charge in [0.05, 0.1) is 12.3 Å². The number of anilines is 1. The molecule has 0 saturated carbocycles. The van der Waals surface area contributed by atoms with Crippen molar-refractivity contribution < 1.29 is 9.47 Å². The fraction of sp³-hybridized carbons (Fsp3) is 0.414. The van der Waals surface area contributed by atoms with Crippen molar-refractivity contribution in [2.75, 3.05) is 52.2 Å². The van der Waals surface area contributed by atoms with Crippen LogP contribution in [-0.4, -0.2) is 66.4 Å². The van der Waals surface area contributed by atoms with E-state index >= 15 is 0 Å². The summed E-state index contributed by atoms with van der Waals surface area (Å²) in [6.07, 6.45) is 10.9. The predicted octanol–water partition coefficient (Wildman–Crippen LogP) is 4.98. The van der Waals surface area contributed by atoms with Gasteiger partial charge in [-0.2, -0.15) is 5.10 Å². The number of nitrogens with zero attached hydrogens (tertiary/aromatic N) is 3. The lowest BCUT2D eigenvalue weighted by atomic mass is 10.1. The van der Waals surface area contributed by atoms with Gasteiger partial charge in [0.25, 0.3) is 0 Å². The van der Waals surface area contributed by atoms with E-state index < -0.39 is 0 Å². The minimum absolute atomic E-state index is 0.636. The first-order chi connectivity index (χ1) is 17.7. The minimum atomic E-state index is 0.636. The number of hydrogen-bond donors (Lipinski definition) is 2. The number of rotatable bonds is 13. The zero-order chi connectivity index (χ0) is 25.0. The van der Waals surface area contributed by atoms with Gasteiger partial charge < -0.3 is 15.2 Å². The molecule has 0 amide bonds. The Morgan fingerprint density at radius 1 is 1.03 bits per heavy atom. The molecule has 2 aromatic carbocycles. The monoisotopic (exact) mass is 489 g/mol. The third kappa shape index (κ3) is 8.14.